The molecule has 0 saturated heterocycles. The SMILES string of the molecule is CCSc1cccc(N(CCO)CCOC)c1C#N. The van der Waals surface area contributed by atoms with Crippen molar-refractivity contribution in [3.05, 3.63) is 23.8 Å². The standard InChI is InChI=1S/C14H20N2O2S/c1-3-19-14-6-4-5-13(12(14)11-15)16(7-9-17)8-10-18-2/h4-6,17H,3,7-10H2,1-2H3. The van der Waals surface area contributed by atoms with Gasteiger partial charge in [0.05, 0.1) is 24.5 Å². The zero-order chi connectivity index (χ0) is 14.1. The second-order valence-corrected chi connectivity index (χ2v) is 5.20. The molecule has 0 bridgehead atoms. The maximum atomic E-state index is 9.38. The molecule has 0 atom stereocenters. The summed E-state index contributed by atoms with van der Waals surface area (Å²) in [7, 11) is 1.64. The molecular formula is C14H20N2O2S. The normalized spacial score (nSPS) is 10.2. The van der Waals surface area contributed by atoms with Gasteiger partial charge >= 0.3 is 0 Å². The van der Waals surface area contributed by atoms with E-state index in [1.807, 2.05) is 23.1 Å². The van der Waals surface area contributed by atoms with Crippen LogP contribution in [-0.4, -0.2) is 44.3 Å². The quantitative estimate of drug-likeness (QED) is 0.739. The molecule has 1 rings (SSSR count). The Morgan fingerprint density at radius 1 is 1.42 bits per heavy atom. The summed E-state index contributed by atoms with van der Waals surface area (Å²) >= 11 is 1.66. The Labute approximate surface area is 119 Å². The molecule has 1 aromatic rings. The van der Waals surface area contributed by atoms with Gasteiger partial charge in [0, 0.05) is 25.1 Å². The van der Waals surface area contributed by atoms with Crippen molar-refractivity contribution in [3.8, 4) is 6.07 Å². The van der Waals surface area contributed by atoms with Crippen molar-refractivity contribution in [2.24, 2.45) is 0 Å². The Morgan fingerprint density at radius 3 is 2.79 bits per heavy atom. The summed E-state index contributed by atoms with van der Waals surface area (Å²) in [6.07, 6.45) is 0. The molecule has 0 unspecified atom stereocenters. The van der Waals surface area contributed by atoms with Gasteiger partial charge in [0.15, 0.2) is 0 Å². The van der Waals surface area contributed by atoms with Crippen molar-refractivity contribution in [2.45, 2.75) is 11.8 Å². The van der Waals surface area contributed by atoms with Gasteiger partial charge in [-0.2, -0.15) is 5.26 Å². The van der Waals surface area contributed by atoms with E-state index < -0.39 is 0 Å². The molecule has 0 radical (unpaired) electrons. The van der Waals surface area contributed by atoms with E-state index in [9.17, 15) is 5.26 Å². The van der Waals surface area contributed by atoms with Crippen LogP contribution in [-0.2, 0) is 4.74 Å². The van der Waals surface area contributed by atoms with Crippen molar-refractivity contribution >= 4 is 17.4 Å². The van der Waals surface area contributed by atoms with Gasteiger partial charge in [0.1, 0.15) is 6.07 Å². The lowest BCUT2D eigenvalue weighted by atomic mass is 10.1. The Bertz CT molecular complexity index is 432. The smallest absolute Gasteiger partial charge is 0.103 e. The third-order valence-corrected chi connectivity index (χ3v) is 3.63. The van der Waals surface area contributed by atoms with Crippen molar-refractivity contribution < 1.29 is 9.84 Å². The minimum absolute atomic E-state index is 0.0553. The number of anilines is 1. The molecule has 0 heterocycles. The summed E-state index contributed by atoms with van der Waals surface area (Å²) < 4.78 is 5.08. The first-order chi connectivity index (χ1) is 9.28. The van der Waals surface area contributed by atoms with E-state index in [4.69, 9.17) is 9.84 Å². The van der Waals surface area contributed by atoms with Gasteiger partial charge in [-0.25, -0.2) is 0 Å². The number of aliphatic hydroxyl groups excluding tert-OH is 1. The average Bonchev–Trinajstić information content (AvgIpc) is 2.43. The molecule has 0 fully saturated rings. The van der Waals surface area contributed by atoms with Crippen LogP contribution in [0.2, 0.25) is 0 Å². The Kier molecular flexibility index (Phi) is 7.34. The number of hydrogen-bond donors (Lipinski definition) is 1. The highest BCUT2D eigenvalue weighted by Gasteiger charge is 2.14. The Morgan fingerprint density at radius 2 is 2.21 bits per heavy atom. The van der Waals surface area contributed by atoms with Gasteiger partial charge < -0.3 is 14.7 Å². The van der Waals surface area contributed by atoms with Gasteiger partial charge in [-0.05, 0) is 17.9 Å². The van der Waals surface area contributed by atoms with E-state index in [1.54, 1.807) is 18.9 Å². The molecule has 0 amide bonds. The van der Waals surface area contributed by atoms with Crippen LogP contribution in [0.15, 0.2) is 23.1 Å². The van der Waals surface area contributed by atoms with E-state index in [0.29, 0.717) is 25.3 Å². The topological polar surface area (TPSA) is 56.5 Å². The molecule has 0 aliphatic carbocycles. The van der Waals surface area contributed by atoms with Crippen LogP contribution in [0.1, 0.15) is 12.5 Å². The molecule has 5 heteroatoms. The molecule has 0 spiro atoms. The van der Waals surface area contributed by atoms with Gasteiger partial charge in [0.25, 0.3) is 0 Å². The second kappa shape index (κ2) is 8.81. The molecule has 0 saturated carbocycles. The van der Waals surface area contributed by atoms with Gasteiger partial charge in [0.2, 0.25) is 0 Å². The summed E-state index contributed by atoms with van der Waals surface area (Å²) in [5.41, 5.74) is 1.55. The van der Waals surface area contributed by atoms with Crippen molar-refractivity contribution in [3.63, 3.8) is 0 Å². The van der Waals surface area contributed by atoms with Crippen molar-refractivity contribution in [1.82, 2.24) is 0 Å². The van der Waals surface area contributed by atoms with E-state index in [0.717, 1.165) is 16.3 Å². The highest BCUT2D eigenvalue weighted by atomic mass is 32.2. The van der Waals surface area contributed by atoms with Crippen LogP contribution >= 0.6 is 11.8 Å². The zero-order valence-corrected chi connectivity index (χ0v) is 12.2. The predicted octanol–water partition coefficient (Wildman–Crippen LogP) is 2.12. The van der Waals surface area contributed by atoms with Crippen LogP contribution in [0.5, 0.6) is 0 Å². The fourth-order valence-electron chi connectivity index (χ4n) is 1.85. The largest absolute Gasteiger partial charge is 0.395 e. The molecule has 0 aliphatic rings. The van der Waals surface area contributed by atoms with Gasteiger partial charge in [-0.15, -0.1) is 11.8 Å². The highest BCUT2D eigenvalue weighted by Crippen LogP contribution is 2.30. The zero-order valence-electron chi connectivity index (χ0n) is 11.4. The fourth-order valence-corrected chi connectivity index (χ4v) is 2.63. The minimum Gasteiger partial charge on any atom is -0.395 e. The number of aliphatic hydroxyl groups is 1. The van der Waals surface area contributed by atoms with Crippen molar-refractivity contribution in [2.75, 3.05) is 44.1 Å². The predicted molar refractivity (Wildman–Crippen MR) is 78.7 cm³/mol. The summed E-state index contributed by atoms with van der Waals surface area (Å²) in [6.45, 7) is 3.84. The Hall–Kier alpha value is -1.22. The summed E-state index contributed by atoms with van der Waals surface area (Å²) in [4.78, 5) is 2.98. The van der Waals surface area contributed by atoms with Crippen LogP contribution in [0.3, 0.4) is 0 Å². The van der Waals surface area contributed by atoms with Gasteiger partial charge in [-0.1, -0.05) is 13.0 Å². The third kappa shape index (κ3) is 4.43. The molecule has 19 heavy (non-hydrogen) atoms. The number of ether oxygens (including phenoxy) is 1. The first-order valence-electron chi connectivity index (χ1n) is 6.29. The first-order valence-corrected chi connectivity index (χ1v) is 7.27. The number of methoxy groups -OCH3 is 1. The number of nitriles is 1. The maximum Gasteiger partial charge on any atom is 0.103 e. The molecule has 0 aliphatic heterocycles. The number of rotatable bonds is 8. The number of hydrogen-bond acceptors (Lipinski definition) is 5. The number of thioether (sulfide) groups is 1. The lowest BCUT2D eigenvalue weighted by Gasteiger charge is -2.25. The Balaban J connectivity index is 3.07. The molecular weight excluding hydrogens is 260 g/mol. The molecule has 1 aromatic carbocycles. The second-order valence-electron chi connectivity index (χ2n) is 3.90. The maximum absolute atomic E-state index is 9.38. The van der Waals surface area contributed by atoms with Crippen LogP contribution < -0.4 is 4.90 Å². The fraction of sp³-hybridized carbons (Fsp3) is 0.500. The summed E-state index contributed by atoms with van der Waals surface area (Å²) in [5.74, 6) is 0.927. The monoisotopic (exact) mass is 280 g/mol. The van der Waals surface area contributed by atoms with Crippen LogP contribution in [0, 0.1) is 11.3 Å². The number of nitrogens with zero attached hydrogens (tertiary/aromatic N) is 2. The van der Waals surface area contributed by atoms with E-state index in [-0.39, 0.29) is 6.61 Å². The van der Waals surface area contributed by atoms with Crippen LogP contribution in [0.25, 0.3) is 0 Å². The minimum atomic E-state index is 0.0553. The average molecular weight is 280 g/mol. The molecule has 4 nitrogen and oxygen atoms in total. The summed E-state index contributed by atoms with van der Waals surface area (Å²) in [6, 6.07) is 8.11. The van der Waals surface area contributed by atoms with E-state index in [1.165, 1.54) is 0 Å². The molecule has 104 valence electrons. The summed E-state index contributed by atoms with van der Waals surface area (Å²) in [5, 5.41) is 18.5. The molecule has 0 aromatic heterocycles. The lowest BCUT2D eigenvalue weighted by Crippen LogP contribution is -2.30. The third-order valence-electron chi connectivity index (χ3n) is 2.69. The first kappa shape index (κ1) is 15.8. The van der Waals surface area contributed by atoms with Crippen molar-refractivity contribution in [1.29, 1.82) is 5.26 Å². The lowest BCUT2D eigenvalue weighted by molar-refractivity contribution is 0.203. The molecule has 1 N–H and O–H groups in total. The van der Waals surface area contributed by atoms with E-state index >= 15 is 0 Å². The number of benzene rings is 1. The van der Waals surface area contributed by atoms with Crippen LogP contribution in [0.4, 0.5) is 5.69 Å². The highest BCUT2D eigenvalue weighted by molar-refractivity contribution is 7.99. The van der Waals surface area contributed by atoms with E-state index in [2.05, 4.69) is 13.0 Å². The van der Waals surface area contributed by atoms with Gasteiger partial charge in [-0.3, -0.25) is 0 Å².